The minimum atomic E-state index is 0.162. The second-order valence-corrected chi connectivity index (χ2v) is 9.50. The maximum Gasteiger partial charge on any atom is 0.257 e. The van der Waals surface area contributed by atoms with Crippen LogP contribution >= 0.6 is 0 Å². The molecule has 4 heterocycles. The molecule has 2 bridgehead atoms. The lowest BCUT2D eigenvalue weighted by Crippen LogP contribution is -2.60. The van der Waals surface area contributed by atoms with Crippen molar-refractivity contribution in [3.8, 4) is 0 Å². The largest absolute Gasteiger partial charge is 0.338 e. The van der Waals surface area contributed by atoms with Gasteiger partial charge in [0.1, 0.15) is 0 Å². The minimum absolute atomic E-state index is 0.162. The zero-order valence-electron chi connectivity index (χ0n) is 17.6. The number of aromatic nitrogens is 2. The number of rotatable bonds is 3. The van der Waals surface area contributed by atoms with E-state index in [4.69, 9.17) is 0 Å². The van der Waals surface area contributed by atoms with Crippen LogP contribution in [-0.2, 0) is 0 Å². The van der Waals surface area contributed by atoms with Crippen molar-refractivity contribution in [3.05, 3.63) is 53.9 Å². The highest BCUT2D eigenvalue weighted by Crippen LogP contribution is 2.44. The number of likely N-dealkylation sites (tertiary alicyclic amines) is 1. The smallest absolute Gasteiger partial charge is 0.257 e. The SMILES string of the molecule is CC(C)n1cc(C(=O)N2C[C@@H]3C[C@H](C2)[C@@H]2CCC[C@H](c4ccccc4)N2C3)cn1. The summed E-state index contributed by atoms with van der Waals surface area (Å²) in [4.78, 5) is 18.1. The van der Waals surface area contributed by atoms with Gasteiger partial charge in [-0.25, -0.2) is 0 Å². The Balaban J connectivity index is 1.33. The third kappa shape index (κ3) is 3.50. The van der Waals surface area contributed by atoms with E-state index in [1.165, 1.54) is 31.2 Å². The molecule has 3 fully saturated rings. The number of piperidine rings is 3. The molecule has 1 amide bonds. The molecule has 29 heavy (non-hydrogen) atoms. The number of hydrogen-bond donors (Lipinski definition) is 0. The third-order valence-electron chi connectivity index (χ3n) is 7.24. The molecule has 154 valence electrons. The fraction of sp³-hybridized carbons (Fsp3) is 0.583. The van der Waals surface area contributed by atoms with Crippen molar-refractivity contribution in [1.82, 2.24) is 19.6 Å². The van der Waals surface area contributed by atoms with Crippen molar-refractivity contribution >= 4 is 5.91 Å². The maximum atomic E-state index is 13.2. The second kappa shape index (κ2) is 7.60. The second-order valence-electron chi connectivity index (χ2n) is 9.50. The first-order valence-electron chi connectivity index (χ1n) is 11.2. The lowest BCUT2D eigenvalue weighted by atomic mass is 9.74. The van der Waals surface area contributed by atoms with Gasteiger partial charge < -0.3 is 4.90 Å². The van der Waals surface area contributed by atoms with Gasteiger partial charge in [0.15, 0.2) is 0 Å². The highest BCUT2D eigenvalue weighted by Gasteiger charge is 2.45. The lowest BCUT2D eigenvalue weighted by molar-refractivity contribution is -0.0511. The van der Waals surface area contributed by atoms with Gasteiger partial charge in [0, 0.05) is 44.0 Å². The van der Waals surface area contributed by atoms with Crippen molar-refractivity contribution in [2.75, 3.05) is 19.6 Å². The molecular weight excluding hydrogens is 360 g/mol. The van der Waals surface area contributed by atoms with Crippen molar-refractivity contribution in [2.45, 2.75) is 57.7 Å². The summed E-state index contributed by atoms with van der Waals surface area (Å²) in [6.45, 7) is 7.08. The molecule has 0 unspecified atom stereocenters. The number of carbonyl (C=O) groups is 1. The van der Waals surface area contributed by atoms with Gasteiger partial charge in [0.25, 0.3) is 5.91 Å². The summed E-state index contributed by atoms with van der Waals surface area (Å²) in [5, 5.41) is 4.37. The van der Waals surface area contributed by atoms with Gasteiger partial charge in [0.05, 0.1) is 11.8 Å². The van der Waals surface area contributed by atoms with E-state index in [1.807, 2.05) is 10.9 Å². The van der Waals surface area contributed by atoms with Crippen LogP contribution in [0.15, 0.2) is 42.7 Å². The van der Waals surface area contributed by atoms with Crippen LogP contribution in [0.25, 0.3) is 0 Å². The topological polar surface area (TPSA) is 41.4 Å². The number of fused-ring (bicyclic) bond motifs is 4. The molecule has 5 rings (SSSR count). The predicted molar refractivity (Wildman–Crippen MR) is 114 cm³/mol. The highest BCUT2D eigenvalue weighted by molar-refractivity contribution is 5.93. The molecule has 0 radical (unpaired) electrons. The Labute approximate surface area is 173 Å². The molecule has 0 N–H and O–H groups in total. The molecule has 4 atom stereocenters. The van der Waals surface area contributed by atoms with E-state index in [-0.39, 0.29) is 11.9 Å². The zero-order chi connectivity index (χ0) is 20.0. The van der Waals surface area contributed by atoms with E-state index in [0.717, 1.165) is 25.2 Å². The van der Waals surface area contributed by atoms with Crippen LogP contribution in [0.5, 0.6) is 0 Å². The number of hydrogen-bond acceptors (Lipinski definition) is 3. The first kappa shape index (κ1) is 18.9. The molecule has 3 saturated heterocycles. The predicted octanol–water partition coefficient (Wildman–Crippen LogP) is 4.15. The quantitative estimate of drug-likeness (QED) is 0.788. The molecule has 3 aliphatic heterocycles. The van der Waals surface area contributed by atoms with Crippen LogP contribution in [-0.4, -0.2) is 51.2 Å². The normalized spacial score (nSPS) is 29.7. The van der Waals surface area contributed by atoms with Gasteiger partial charge >= 0.3 is 0 Å². The van der Waals surface area contributed by atoms with Gasteiger partial charge in [-0.15, -0.1) is 0 Å². The molecule has 2 aromatic rings. The molecule has 1 aromatic carbocycles. The fourth-order valence-electron chi connectivity index (χ4n) is 5.92. The minimum Gasteiger partial charge on any atom is -0.338 e. The summed E-state index contributed by atoms with van der Waals surface area (Å²) in [6, 6.07) is 12.5. The Morgan fingerprint density at radius 1 is 1.10 bits per heavy atom. The van der Waals surface area contributed by atoms with Crippen molar-refractivity contribution in [3.63, 3.8) is 0 Å². The van der Waals surface area contributed by atoms with E-state index in [1.54, 1.807) is 6.20 Å². The number of amides is 1. The number of nitrogens with zero attached hydrogens (tertiary/aromatic N) is 4. The zero-order valence-corrected chi connectivity index (χ0v) is 17.6. The van der Waals surface area contributed by atoms with Crippen molar-refractivity contribution in [1.29, 1.82) is 0 Å². The molecule has 3 aliphatic rings. The molecule has 1 aromatic heterocycles. The average molecular weight is 393 g/mol. The molecule has 0 saturated carbocycles. The standard InChI is InChI=1S/C24H32N4O/c1-17(2)28-16-21(12-25-28)24(29)26-13-18-11-20(15-26)23-10-6-9-22(27(23)14-18)19-7-4-3-5-8-19/h3-5,7-8,12,16-18,20,22-23H,6,9-11,13-15H2,1-2H3/t18-,20+,22+,23-/m0/s1. The monoisotopic (exact) mass is 392 g/mol. The summed E-state index contributed by atoms with van der Waals surface area (Å²) < 4.78 is 1.88. The Kier molecular flexibility index (Phi) is 4.94. The summed E-state index contributed by atoms with van der Waals surface area (Å²) in [6.07, 6.45) is 8.75. The van der Waals surface area contributed by atoms with E-state index < -0.39 is 0 Å². The van der Waals surface area contributed by atoms with Crippen LogP contribution in [0.3, 0.4) is 0 Å². The van der Waals surface area contributed by atoms with E-state index in [2.05, 4.69) is 59.1 Å². The van der Waals surface area contributed by atoms with Gasteiger partial charge in [0.2, 0.25) is 0 Å². The van der Waals surface area contributed by atoms with Crippen molar-refractivity contribution < 1.29 is 4.79 Å². The van der Waals surface area contributed by atoms with Crippen LogP contribution < -0.4 is 0 Å². The molecule has 0 spiro atoms. The molecular formula is C24H32N4O. The fourth-order valence-corrected chi connectivity index (χ4v) is 5.92. The van der Waals surface area contributed by atoms with Gasteiger partial charge in [-0.3, -0.25) is 14.4 Å². The summed E-state index contributed by atoms with van der Waals surface area (Å²) in [5.41, 5.74) is 2.20. The third-order valence-corrected chi connectivity index (χ3v) is 7.24. The van der Waals surface area contributed by atoms with Crippen LogP contribution in [0, 0.1) is 11.8 Å². The summed E-state index contributed by atoms with van der Waals surface area (Å²) in [7, 11) is 0. The summed E-state index contributed by atoms with van der Waals surface area (Å²) >= 11 is 0. The van der Waals surface area contributed by atoms with E-state index in [0.29, 0.717) is 23.9 Å². The maximum absolute atomic E-state index is 13.2. The van der Waals surface area contributed by atoms with E-state index >= 15 is 0 Å². The molecule has 5 heteroatoms. The molecule has 0 aliphatic carbocycles. The van der Waals surface area contributed by atoms with E-state index in [9.17, 15) is 4.79 Å². The lowest BCUT2D eigenvalue weighted by Gasteiger charge is -2.55. The highest BCUT2D eigenvalue weighted by atomic mass is 16.2. The van der Waals surface area contributed by atoms with Gasteiger partial charge in [-0.05, 0) is 56.9 Å². The van der Waals surface area contributed by atoms with Crippen LogP contribution in [0.1, 0.15) is 67.5 Å². The first-order chi connectivity index (χ1) is 14.1. The van der Waals surface area contributed by atoms with Gasteiger partial charge in [-0.2, -0.15) is 5.10 Å². The van der Waals surface area contributed by atoms with Crippen LogP contribution in [0.2, 0.25) is 0 Å². The first-order valence-corrected chi connectivity index (χ1v) is 11.2. The Bertz CT molecular complexity index is 861. The number of carbonyl (C=O) groups excluding carboxylic acids is 1. The van der Waals surface area contributed by atoms with Crippen molar-refractivity contribution in [2.24, 2.45) is 11.8 Å². The Morgan fingerprint density at radius 3 is 2.69 bits per heavy atom. The average Bonchev–Trinajstić information content (AvgIpc) is 3.24. The molecule has 5 nitrogen and oxygen atoms in total. The summed E-state index contributed by atoms with van der Waals surface area (Å²) in [5.74, 6) is 1.34. The van der Waals surface area contributed by atoms with Gasteiger partial charge in [-0.1, -0.05) is 30.3 Å². The number of benzene rings is 1. The van der Waals surface area contributed by atoms with Crippen LogP contribution in [0.4, 0.5) is 0 Å². The Hall–Kier alpha value is -2.14. The Morgan fingerprint density at radius 2 is 1.93 bits per heavy atom.